The number of rotatable bonds is 2. The van der Waals surface area contributed by atoms with Gasteiger partial charge >= 0.3 is 0 Å². The minimum absolute atomic E-state index is 0.360. The molecule has 1 fully saturated rings. The van der Waals surface area contributed by atoms with Gasteiger partial charge in [0.05, 0.1) is 5.02 Å². The lowest BCUT2D eigenvalue weighted by Crippen LogP contribution is -2.25. The van der Waals surface area contributed by atoms with Crippen LogP contribution in [0.2, 0.25) is 5.02 Å². The predicted octanol–water partition coefficient (Wildman–Crippen LogP) is 1.93. The van der Waals surface area contributed by atoms with E-state index >= 15 is 0 Å². The molecule has 2 nitrogen and oxygen atoms in total. The van der Waals surface area contributed by atoms with Gasteiger partial charge in [0.25, 0.3) is 0 Å². The summed E-state index contributed by atoms with van der Waals surface area (Å²) in [7, 11) is 0. The van der Waals surface area contributed by atoms with Crippen molar-refractivity contribution in [3.8, 4) is 0 Å². The quantitative estimate of drug-likeness (QED) is 0.819. The number of halogens is 1. The average molecular weight is 217 g/mol. The van der Waals surface area contributed by atoms with Crippen LogP contribution < -0.4 is 5.73 Å². The van der Waals surface area contributed by atoms with E-state index in [9.17, 15) is 0 Å². The molecule has 0 saturated carbocycles. The zero-order valence-electron chi connectivity index (χ0n) is 7.37. The smallest absolute Gasteiger partial charge is 0.0558 e. The van der Waals surface area contributed by atoms with Crippen LogP contribution in [0, 0.1) is 0 Å². The molecular formula is C9H13ClN2S. The van der Waals surface area contributed by atoms with Crippen LogP contribution in [0.5, 0.6) is 0 Å². The van der Waals surface area contributed by atoms with Gasteiger partial charge in [0.2, 0.25) is 0 Å². The summed E-state index contributed by atoms with van der Waals surface area (Å²) < 4.78 is 0. The first-order valence-electron chi connectivity index (χ1n) is 4.45. The van der Waals surface area contributed by atoms with Crippen molar-refractivity contribution in [3.63, 3.8) is 0 Å². The van der Waals surface area contributed by atoms with E-state index in [-0.39, 0.29) is 0 Å². The lowest BCUT2D eigenvalue weighted by Gasteiger charge is -2.13. The molecule has 0 amide bonds. The van der Waals surface area contributed by atoms with E-state index in [2.05, 4.69) is 4.90 Å². The van der Waals surface area contributed by atoms with Crippen molar-refractivity contribution in [3.05, 3.63) is 21.3 Å². The van der Waals surface area contributed by atoms with Crippen LogP contribution in [0.4, 0.5) is 0 Å². The second-order valence-electron chi connectivity index (χ2n) is 3.48. The Morgan fingerprint density at radius 3 is 3.08 bits per heavy atom. The third kappa shape index (κ3) is 2.23. The summed E-state index contributed by atoms with van der Waals surface area (Å²) in [5, 5.41) is 2.93. The molecule has 2 heterocycles. The van der Waals surface area contributed by atoms with E-state index in [0.717, 1.165) is 31.1 Å². The number of hydrogen-bond acceptors (Lipinski definition) is 3. The summed E-state index contributed by atoms with van der Waals surface area (Å²) in [4.78, 5) is 3.62. The zero-order chi connectivity index (χ0) is 9.26. The predicted molar refractivity (Wildman–Crippen MR) is 57.2 cm³/mol. The van der Waals surface area contributed by atoms with Gasteiger partial charge in [0.15, 0.2) is 0 Å². The minimum atomic E-state index is 0.360. The molecule has 0 spiro atoms. The molecular weight excluding hydrogens is 204 g/mol. The molecule has 1 aromatic heterocycles. The largest absolute Gasteiger partial charge is 0.326 e. The third-order valence-corrected chi connectivity index (χ3v) is 3.74. The van der Waals surface area contributed by atoms with E-state index in [1.165, 1.54) is 4.88 Å². The fourth-order valence-electron chi connectivity index (χ4n) is 1.65. The first kappa shape index (κ1) is 9.46. The second-order valence-corrected chi connectivity index (χ2v) is 4.88. The zero-order valence-corrected chi connectivity index (χ0v) is 8.94. The summed E-state index contributed by atoms with van der Waals surface area (Å²) in [5.74, 6) is 0. The molecule has 1 saturated heterocycles. The molecule has 1 atom stereocenters. The van der Waals surface area contributed by atoms with E-state index in [4.69, 9.17) is 17.3 Å². The highest BCUT2D eigenvalue weighted by Gasteiger charge is 2.19. The van der Waals surface area contributed by atoms with E-state index < -0.39 is 0 Å². The van der Waals surface area contributed by atoms with Crippen molar-refractivity contribution in [1.29, 1.82) is 0 Å². The van der Waals surface area contributed by atoms with Crippen LogP contribution in [0.3, 0.4) is 0 Å². The summed E-state index contributed by atoms with van der Waals surface area (Å²) in [6.45, 7) is 3.08. The number of likely N-dealkylation sites (tertiary alicyclic amines) is 1. The van der Waals surface area contributed by atoms with Gasteiger partial charge in [-0.3, -0.25) is 4.90 Å². The normalized spacial score (nSPS) is 24.0. The van der Waals surface area contributed by atoms with Gasteiger partial charge in [-0.15, -0.1) is 11.3 Å². The molecule has 0 radical (unpaired) electrons. The van der Waals surface area contributed by atoms with Gasteiger partial charge in [-0.1, -0.05) is 11.6 Å². The van der Waals surface area contributed by atoms with Crippen molar-refractivity contribution in [1.82, 2.24) is 4.90 Å². The molecule has 72 valence electrons. The molecule has 13 heavy (non-hydrogen) atoms. The van der Waals surface area contributed by atoms with Crippen molar-refractivity contribution in [2.24, 2.45) is 5.73 Å². The summed E-state index contributed by atoms with van der Waals surface area (Å²) in [5.41, 5.74) is 5.82. The third-order valence-electron chi connectivity index (χ3n) is 2.37. The Bertz CT molecular complexity index is 287. The summed E-state index contributed by atoms with van der Waals surface area (Å²) >= 11 is 7.73. The maximum absolute atomic E-state index is 6.01. The van der Waals surface area contributed by atoms with E-state index in [1.54, 1.807) is 11.3 Å². The van der Waals surface area contributed by atoms with Crippen LogP contribution in [-0.2, 0) is 6.54 Å². The van der Waals surface area contributed by atoms with Gasteiger partial charge in [-0.2, -0.15) is 0 Å². The maximum atomic E-state index is 6.01. The molecule has 1 aliphatic heterocycles. The Kier molecular flexibility index (Phi) is 2.89. The van der Waals surface area contributed by atoms with Crippen LogP contribution in [0.15, 0.2) is 11.4 Å². The van der Waals surface area contributed by atoms with Crippen molar-refractivity contribution >= 4 is 22.9 Å². The monoisotopic (exact) mass is 216 g/mol. The second kappa shape index (κ2) is 3.96. The van der Waals surface area contributed by atoms with Gasteiger partial charge in [-0.05, 0) is 17.9 Å². The van der Waals surface area contributed by atoms with E-state index in [1.807, 2.05) is 11.4 Å². The number of nitrogens with two attached hydrogens (primary N) is 1. The Labute approximate surface area is 87.3 Å². The Morgan fingerprint density at radius 2 is 2.54 bits per heavy atom. The Morgan fingerprint density at radius 1 is 1.69 bits per heavy atom. The lowest BCUT2D eigenvalue weighted by atomic mass is 10.3. The first-order valence-corrected chi connectivity index (χ1v) is 5.71. The fourth-order valence-corrected chi connectivity index (χ4v) is 2.78. The summed E-state index contributed by atoms with van der Waals surface area (Å²) in [6, 6.07) is 2.32. The van der Waals surface area contributed by atoms with Crippen LogP contribution >= 0.6 is 22.9 Å². The molecule has 1 aliphatic rings. The topological polar surface area (TPSA) is 29.3 Å². The average Bonchev–Trinajstić information content (AvgIpc) is 2.64. The molecule has 1 aromatic rings. The minimum Gasteiger partial charge on any atom is -0.326 e. The molecule has 2 rings (SSSR count). The number of hydrogen-bond donors (Lipinski definition) is 1. The Hall–Kier alpha value is -0.0900. The standard InChI is InChI=1S/C9H13ClN2S/c10-8-2-4-13-9(8)6-12-3-1-7(11)5-12/h2,4,7H,1,3,5-6,11H2/t7-/m1/s1. The highest BCUT2D eigenvalue weighted by Crippen LogP contribution is 2.24. The fraction of sp³-hybridized carbons (Fsp3) is 0.556. The van der Waals surface area contributed by atoms with Crippen molar-refractivity contribution in [2.45, 2.75) is 19.0 Å². The van der Waals surface area contributed by atoms with Gasteiger partial charge < -0.3 is 5.73 Å². The van der Waals surface area contributed by atoms with Crippen molar-refractivity contribution in [2.75, 3.05) is 13.1 Å². The number of thiophene rings is 1. The summed E-state index contributed by atoms with van der Waals surface area (Å²) in [6.07, 6.45) is 1.11. The van der Waals surface area contributed by atoms with Crippen LogP contribution in [0.25, 0.3) is 0 Å². The molecule has 2 N–H and O–H groups in total. The molecule has 0 aliphatic carbocycles. The molecule has 0 bridgehead atoms. The highest BCUT2D eigenvalue weighted by molar-refractivity contribution is 7.10. The van der Waals surface area contributed by atoms with Gasteiger partial charge in [0.1, 0.15) is 0 Å². The Balaban J connectivity index is 1.95. The van der Waals surface area contributed by atoms with Gasteiger partial charge in [-0.25, -0.2) is 0 Å². The van der Waals surface area contributed by atoms with Crippen LogP contribution in [-0.4, -0.2) is 24.0 Å². The number of nitrogens with zero attached hydrogens (tertiary/aromatic N) is 1. The van der Waals surface area contributed by atoms with Crippen LogP contribution in [0.1, 0.15) is 11.3 Å². The highest BCUT2D eigenvalue weighted by atomic mass is 35.5. The van der Waals surface area contributed by atoms with Gasteiger partial charge in [0, 0.05) is 30.6 Å². The molecule has 0 unspecified atom stereocenters. The molecule has 0 aromatic carbocycles. The SMILES string of the molecule is N[C@@H]1CCN(Cc2sccc2Cl)C1. The lowest BCUT2D eigenvalue weighted by molar-refractivity contribution is 0.330. The first-order chi connectivity index (χ1) is 6.25. The van der Waals surface area contributed by atoms with E-state index in [0.29, 0.717) is 6.04 Å². The maximum Gasteiger partial charge on any atom is 0.0558 e. The molecule has 4 heteroatoms. The van der Waals surface area contributed by atoms with Crippen molar-refractivity contribution < 1.29 is 0 Å².